The summed E-state index contributed by atoms with van der Waals surface area (Å²) in [6, 6.07) is -1.52. The number of carbonyl (C=O) groups is 11. The number of aliphatic carboxylic acids is 1. The Morgan fingerprint density at radius 2 is 1.47 bits per heavy atom. The molecule has 0 spiro atoms. The van der Waals surface area contributed by atoms with Crippen molar-refractivity contribution < 1.29 is 80.9 Å². The lowest BCUT2D eigenvalue weighted by Crippen LogP contribution is -2.60. The first kappa shape index (κ1) is 66.8. The molecule has 422 valence electrons. The van der Waals surface area contributed by atoms with Crippen LogP contribution in [0.1, 0.15) is 78.2 Å². The Labute approximate surface area is 439 Å². The number of nitrogens with two attached hydrogens (primary N) is 4. The van der Waals surface area contributed by atoms with E-state index in [1.807, 2.05) is 20.8 Å². The highest BCUT2D eigenvalue weighted by atomic mass is 33.1. The van der Waals surface area contributed by atoms with Crippen molar-refractivity contribution in [2.75, 3.05) is 37.7 Å². The van der Waals surface area contributed by atoms with Gasteiger partial charge in [0.15, 0.2) is 0 Å². The van der Waals surface area contributed by atoms with Gasteiger partial charge >= 0.3 is 12.1 Å². The van der Waals surface area contributed by atoms with E-state index >= 15 is 0 Å². The maximum absolute atomic E-state index is 14.3. The van der Waals surface area contributed by atoms with Gasteiger partial charge in [0.05, 0.1) is 31.7 Å². The minimum absolute atomic E-state index is 0.0731. The molecule has 16 N–H and O–H groups in total. The number of carboxylic acid groups (broad SMARTS) is 1. The molecule has 75 heavy (non-hydrogen) atoms. The second-order valence-corrected chi connectivity index (χ2v) is 19.7. The fraction of sp³-hybridized carbons (Fsp3) is 0.622. The summed E-state index contributed by atoms with van der Waals surface area (Å²) in [4.78, 5) is 140. The summed E-state index contributed by atoms with van der Waals surface area (Å²) in [5.74, 6) is -9.21. The molecule has 1 aliphatic rings. The number of aldehydes is 1. The molecule has 25 nitrogen and oxygen atoms in total. The number of carbonyl (C=O) groups excluding carboxylic acids is 10. The largest absolute Gasteiger partial charge is 0.494 e. The zero-order valence-electron chi connectivity index (χ0n) is 42.0. The van der Waals surface area contributed by atoms with Crippen molar-refractivity contribution in [3.63, 3.8) is 0 Å². The third kappa shape index (κ3) is 25.2. The van der Waals surface area contributed by atoms with Crippen molar-refractivity contribution in [1.29, 1.82) is 0 Å². The average molecular weight is 1110 g/mol. The van der Waals surface area contributed by atoms with Crippen LogP contribution in [0.3, 0.4) is 0 Å². The molecule has 0 radical (unpaired) electrons. The molecule has 1 aromatic rings. The van der Waals surface area contributed by atoms with Gasteiger partial charge in [0.1, 0.15) is 48.3 Å². The van der Waals surface area contributed by atoms with E-state index in [1.165, 1.54) is 11.8 Å². The molecule has 30 heteroatoms. The maximum Gasteiger partial charge on any atom is 0.490 e. The molecule has 1 aliphatic heterocycles. The van der Waals surface area contributed by atoms with Crippen molar-refractivity contribution >= 4 is 87.0 Å². The van der Waals surface area contributed by atoms with Gasteiger partial charge in [0.25, 0.3) is 0 Å². The molecule has 1 aromatic carbocycles. The number of ether oxygens (including phenoxy) is 1. The number of alkyl halides is 3. The van der Waals surface area contributed by atoms with E-state index in [9.17, 15) is 66.2 Å². The lowest BCUT2D eigenvalue weighted by atomic mass is 9.99. The highest BCUT2D eigenvalue weighted by Crippen LogP contribution is 2.26. The number of benzene rings is 1. The first-order valence-electron chi connectivity index (χ1n) is 23.7. The first-order valence-corrected chi connectivity index (χ1v) is 26.2. The predicted molar refractivity (Wildman–Crippen MR) is 268 cm³/mol. The molecule has 9 amide bonds. The summed E-state index contributed by atoms with van der Waals surface area (Å²) >= 11 is 0. The molecule has 1 heterocycles. The number of hydrogen-bond donors (Lipinski definition) is 12. The molecule has 0 aliphatic carbocycles. The van der Waals surface area contributed by atoms with Crippen molar-refractivity contribution in [3.05, 3.63) is 29.8 Å². The normalized spacial score (nSPS) is 16.3. The third-order valence-corrected chi connectivity index (χ3v) is 13.5. The highest BCUT2D eigenvalue weighted by molar-refractivity contribution is 8.76. The van der Waals surface area contributed by atoms with Crippen molar-refractivity contribution in [3.8, 4) is 5.75 Å². The lowest BCUT2D eigenvalue weighted by molar-refractivity contribution is -0.192. The molecule has 0 saturated carbocycles. The predicted octanol–water partition coefficient (Wildman–Crippen LogP) is -2.38. The van der Waals surface area contributed by atoms with Gasteiger partial charge in [0.2, 0.25) is 53.2 Å². The Morgan fingerprint density at radius 1 is 0.853 bits per heavy atom. The van der Waals surface area contributed by atoms with Gasteiger partial charge in [-0.2, -0.15) is 13.2 Å². The standard InChI is InChI=1S/C43H69N11O12S2.C2HF3O2/c1-5-24(3)31(22-55)52-39(61)29(19-26-11-13-27(14-12-26)66-6-2)49-36(59)15-18-67-68-23-32(53-40(62)30(20-34(45)57)51-42(64)37(47)25(4)56)43(65)54-17-8-10-33(54)41(63)50-28(9-7-16-44)38(60)48-21-35(46)58;3-2(4,5)1(6)7/h11-14,22,24-25,28-33,37,56H,5-10,15-21,23,44,47H2,1-4H3,(H2,45,57)(H2,46,58)(H,48,60)(H,49,59)(H,50,63)(H,51,64)(H,52,61)(H,53,62);(H,6,7)/t24-,25+,28-,29+,30-,31+,32-,33-,37-;/m0./s1. The van der Waals surface area contributed by atoms with Crippen LogP contribution in [0.4, 0.5) is 13.2 Å². The fourth-order valence-corrected chi connectivity index (χ4v) is 8.89. The Kier molecular flexibility index (Phi) is 30.6. The molecular formula is C45H70F3N11O14S2. The van der Waals surface area contributed by atoms with Crippen LogP contribution in [0.15, 0.2) is 24.3 Å². The number of primary amides is 2. The summed E-state index contributed by atoms with van der Waals surface area (Å²) in [5, 5.41) is 32.3. The zero-order chi connectivity index (χ0) is 57.0. The Hall–Kier alpha value is -6.24. The van der Waals surface area contributed by atoms with E-state index in [-0.39, 0.29) is 56.2 Å². The summed E-state index contributed by atoms with van der Waals surface area (Å²) in [5.41, 5.74) is 22.6. The minimum atomic E-state index is -5.08. The fourth-order valence-electron chi connectivity index (χ4n) is 6.74. The number of carboxylic acids is 1. The molecule has 0 unspecified atom stereocenters. The topological polar surface area (TPSA) is 417 Å². The summed E-state index contributed by atoms with van der Waals surface area (Å²) in [6.07, 6.45) is -4.83. The number of amides is 9. The van der Waals surface area contributed by atoms with Gasteiger partial charge in [-0.05, 0) is 69.7 Å². The van der Waals surface area contributed by atoms with Gasteiger partial charge in [-0.25, -0.2) is 4.79 Å². The summed E-state index contributed by atoms with van der Waals surface area (Å²) in [7, 11) is 2.23. The summed E-state index contributed by atoms with van der Waals surface area (Å²) in [6.45, 7) is 7.05. The van der Waals surface area contributed by atoms with Gasteiger partial charge in [-0.3, -0.25) is 43.2 Å². The first-order chi connectivity index (χ1) is 35.2. The second-order valence-electron chi connectivity index (χ2n) is 17.0. The van der Waals surface area contributed by atoms with E-state index < -0.39 is 127 Å². The van der Waals surface area contributed by atoms with Gasteiger partial charge in [0, 0.05) is 30.9 Å². The number of likely N-dealkylation sites (tertiary alicyclic amines) is 1. The van der Waals surface area contributed by atoms with Crippen LogP contribution >= 0.6 is 21.6 Å². The van der Waals surface area contributed by atoms with Crippen molar-refractivity contribution in [2.24, 2.45) is 28.9 Å². The molecular weight excluding hydrogens is 1040 g/mol. The Bertz CT molecular complexity index is 2100. The van der Waals surface area contributed by atoms with E-state index in [2.05, 4.69) is 31.9 Å². The molecule has 1 saturated heterocycles. The van der Waals surface area contributed by atoms with Crippen LogP contribution in [0.2, 0.25) is 0 Å². The number of rotatable bonds is 32. The van der Waals surface area contributed by atoms with E-state index in [0.29, 0.717) is 37.9 Å². The molecule has 2 rings (SSSR count). The van der Waals surface area contributed by atoms with Crippen molar-refractivity contribution in [2.45, 2.75) is 134 Å². The number of nitrogens with one attached hydrogen (secondary N) is 6. The molecule has 0 bridgehead atoms. The molecule has 1 fully saturated rings. The Balaban J connectivity index is 0.00000373. The highest BCUT2D eigenvalue weighted by Gasteiger charge is 2.40. The number of nitrogens with zero attached hydrogens (tertiary/aromatic N) is 1. The average Bonchev–Trinajstić information content (AvgIpc) is 3.85. The summed E-state index contributed by atoms with van der Waals surface area (Å²) < 4.78 is 37.2. The lowest BCUT2D eigenvalue weighted by Gasteiger charge is -2.30. The quantitative estimate of drug-likeness (QED) is 0.0204. The minimum Gasteiger partial charge on any atom is -0.494 e. The molecule has 9 atom stereocenters. The number of halogens is 3. The number of aliphatic hydroxyl groups is 1. The monoisotopic (exact) mass is 1110 g/mol. The van der Waals surface area contributed by atoms with Gasteiger partial charge in [-0.15, -0.1) is 0 Å². The Morgan fingerprint density at radius 3 is 2.00 bits per heavy atom. The van der Waals surface area contributed by atoms with Crippen LogP contribution < -0.4 is 59.6 Å². The smallest absolute Gasteiger partial charge is 0.490 e. The second kappa shape index (κ2) is 34.4. The maximum atomic E-state index is 14.3. The van der Waals surface area contributed by atoms with Crippen LogP contribution in [0, 0.1) is 5.92 Å². The van der Waals surface area contributed by atoms with Crippen molar-refractivity contribution in [1.82, 2.24) is 36.8 Å². The van der Waals surface area contributed by atoms with E-state index in [0.717, 1.165) is 27.2 Å². The van der Waals surface area contributed by atoms with Gasteiger partial charge in [-0.1, -0.05) is 54.0 Å². The van der Waals surface area contributed by atoms with Crippen LogP contribution in [0.5, 0.6) is 5.75 Å². The van der Waals surface area contributed by atoms with Crippen LogP contribution in [0.25, 0.3) is 0 Å². The number of aliphatic hydroxyl groups excluding tert-OH is 1. The molecule has 0 aromatic heterocycles. The number of hydrogen-bond acceptors (Lipinski definition) is 17. The van der Waals surface area contributed by atoms with Crippen LogP contribution in [-0.4, -0.2) is 173 Å². The van der Waals surface area contributed by atoms with Gasteiger partial charge < -0.3 is 79.5 Å². The van der Waals surface area contributed by atoms with E-state index in [4.69, 9.17) is 37.6 Å². The van der Waals surface area contributed by atoms with Crippen LogP contribution in [-0.2, 0) is 59.2 Å². The third-order valence-electron chi connectivity index (χ3n) is 11.1. The SMILES string of the molecule is CCOc1ccc(C[C@@H](NC(=O)CCSSC[C@H](NC(=O)[C@H](CC(N)=O)NC(=O)[C@@H](N)[C@@H](C)O)C(=O)N2CCC[C@H]2C(=O)N[C@@H](CCCN)C(=O)NCC(N)=O)C(=O)N[C@H](C=O)[C@@H](C)CC)cc1.O=C(O)C(F)(F)F. The van der Waals surface area contributed by atoms with E-state index in [1.54, 1.807) is 24.3 Å². The zero-order valence-corrected chi connectivity index (χ0v) is 43.6.